The minimum absolute atomic E-state index is 0.0411. The molecular weight excluding hydrogens is 220 g/mol. The summed E-state index contributed by atoms with van der Waals surface area (Å²) in [6, 6.07) is 7.43. The van der Waals surface area contributed by atoms with E-state index < -0.39 is 6.09 Å². The number of nitrogens with one attached hydrogen (secondary N) is 1. The Bertz CT molecular complexity index is 401. The quantitative estimate of drug-likeness (QED) is 0.867. The highest BCUT2D eigenvalue weighted by Gasteiger charge is 2.12. The fourth-order valence-corrected chi connectivity index (χ4v) is 1.27. The Morgan fingerprint density at radius 1 is 1.29 bits per heavy atom. The van der Waals surface area contributed by atoms with Gasteiger partial charge in [0.15, 0.2) is 0 Å². The third-order valence-corrected chi connectivity index (χ3v) is 2.20. The second kappa shape index (κ2) is 5.89. The Kier molecular flexibility index (Phi) is 4.51. The first kappa shape index (κ1) is 13.0. The summed E-state index contributed by atoms with van der Waals surface area (Å²) in [6.45, 7) is 1.93. The predicted molar refractivity (Wildman–Crippen MR) is 64.8 cm³/mol. The largest absolute Gasteiger partial charge is 0.453 e. The number of ether oxygens (including phenoxy) is 1. The van der Waals surface area contributed by atoms with E-state index >= 15 is 0 Å². The number of nitrogens with zero attached hydrogens (tertiary/aromatic N) is 1. The first-order valence-corrected chi connectivity index (χ1v) is 5.18. The van der Waals surface area contributed by atoms with Gasteiger partial charge in [0.05, 0.1) is 7.11 Å². The van der Waals surface area contributed by atoms with Gasteiger partial charge in [-0.25, -0.2) is 4.79 Å². The van der Waals surface area contributed by atoms with Crippen molar-refractivity contribution in [2.24, 2.45) is 0 Å². The Labute approximate surface area is 100 Å². The van der Waals surface area contributed by atoms with Gasteiger partial charge >= 0.3 is 6.09 Å². The molecule has 0 saturated carbocycles. The van der Waals surface area contributed by atoms with Crippen LogP contribution in [0.2, 0.25) is 0 Å². The molecule has 0 bridgehead atoms. The number of rotatable bonds is 3. The van der Waals surface area contributed by atoms with Crippen molar-refractivity contribution in [3.05, 3.63) is 29.8 Å². The molecule has 0 aliphatic heterocycles. The maximum Gasteiger partial charge on any atom is 0.409 e. The molecule has 1 rings (SSSR count). The highest BCUT2D eigenvalue weighted by atomic mass is 16.5. The van der Waals surface area contributed by atoms with Crippen LogP contribution in [0, 0.1) is 6.92 Å². The molecule has 5 nitrogen and oxygen atoms in total. The molecule has 0 aliphatic rings. The van der Waals surface area contributed by atoms with Gasteiger partial charge in [-0.2, -0.15) is 0 Å². The maximum absolute atomic E-state index is 11.6. The lowest BCUT2D eigenvalue weighted by molar-refractivity contribution is -0.116. The van der Waals surface area contributed by atoms with E-state index in [9.17, 15) is 9.59 Å². The van der Waals surface area contributed by atoms with E-state index in [1.807, 2.05) is 31.2 Å². The highest BCUT2D eigenvalue weighted by molar-refractivity contribution is 5.93. The van der Waals surface area contributed by atoms with Gasteiger partial charge in [-0.1, -0.05) is 17.7 Å². The molecule has 5 heteroatoms. The average Bonchev–Trinajstić information content (AvgIpc) is 2.30. The first-order valence-electron chi connectivity index (χ1n) is 5.18. The molecule has 1 N–H and O–H groups in total. The van der Waals surface area contributed by atoms with Crippen molar-refractivity contribution in [3.8, 4) is 0 Å². The van der Waals surface area contributed by atoms with Crippen LogP contribution in [0.3, 0.4) is 0 Å². The molecule has 0 aliphatic carbocycles. The molecule has 0 spiro atoms. The first-order chi connectivity index (χ1) is 8.02. The number of benzene rings is 1. The van der Waals surface area contributed by atoms with E-state index in [2.05, 4.69) is 10.1 Å². The summed E-state index contributed by atoms with van der Waals surface area (Å²) in [7, 11) is 2.78. The molecule has 0 unspecified atom stereocenters. The second-order valence-electron chi connectivity index (χ2n) is 3.74. The summed E-state index contributed by atoms with van der Waals surface area (Å²) in [5, 5.41) is 2.69. The number of carbonyl (C=O) groups excluding carboxylic acids is 2. The van der Waals surface area contributed by atoms with Gasteiger partial charge in [0.25, 0.3) is 0 Å². The summed E-state index contributed by atoms with van der Waals surface area (Å²) in [5.74, 6) is -0.262. The van der Waals surface area contributed by atoms with E-state index in [1.54, 1.807) is 0 Å². The van der Waals surface area contributed by atoms with E-state index in [0.29, 0.717) is 5.69 Å². The van der Waals surface area contributed by atoms with E-state index in [4.69, 9.17) is 0 Å². The Balaban J connectivity index is 2.50. The van der Waals surface area contributed by atoms with Crippen molar-refractivity contribution in [1.82, 2.24) is 4.90 Å². The fraction of sp³-hybridized carbons (Fsp3) is 0.333. The molecule has 92 valence electrons. The highest BCUT2D eigenvalue weighted by Crippen LogP contribution is 2.08. The van der Waals surface area contributed by atoms with Crippen LogP contribution in [-0.2, 0) is 9.53 Å². The van der Waals surface area contributed by atoms with Crippen molar-refractivity contribution in [3.63, 3.8) is 0 Å². The smallest absolute Gasteiger partial charge is 0.409 e. The van der Waals surface area contributed by atoms with Crippen LogP contribution in [-0.4, -0.2) is 37.6 Å². The average molecular weight is 236 g/mol. The van der Waals surface area contributed by atoms with Crippen LogP contribution in [0.4, 0.5) is 10.5 Å². The van der Waals surface area contributed by atoms with E-state index in [-0.39, 0.29) is 12.5 Å². The van der Waals surface area contributed by atoms with Crippen molar-refractivity contribution < 1.29 is 14.3 Å². The number of anilines is 1. The minimum atomic E-state index is -0.538. The van der Waals surface area contributed by atoms with Gasteiger partial charge in [-0.3, -0.25) is 4.79 Å². The summed E-state index contributed by atoms with van der Waals surface area (Å²) in [6.07, 6.45) is -0.538. The zero-order chi connectivity index (χ0) is 12.8. The van der Waals surface area contributed by atoms with Crippen molar-refractivity contribution in [1.29, 1.82) is 0 Å². The SMILES string of the molecule is COC(=O)N(C)CC(=O)Nc1ccc(C)cc1. The summed E-state index contributed by atoms with van der Waals surface area (Å²) in [4.78, 5) is 23.8. The van der Waals surface area contributed by atoms with Crippen LogP contribution >= 0.6 is 0 Å². The minimum Gasteiger partial charge on any atom is -0.453 e. The number of aryl methyl sites for hydroxylation is 1. The molecule has 0 aromatic heterocycles. The zero-order valence-electron chi connectivity index (χ0n) is 10.2. The Hall–Kier alpha value is -2.04. The van der Waals surface area contributed by atoms with Crippen molar-refractivity contribution >= 4 is 17.7 Å². The molecule has 1 aromatic carbocycles. The number of methoxy groups -OCH3 is 1. The monoisotopic (exact) mass is 236 g/mol. The maximum atomic E-state index is 11.6. The number of carbonyl (C=O) groups is 2. The lowest BCUT2D eigenvalue weighted by Crippen LogP contribution is -2.34. The third-order valence-electron chi connectivity index (χ3n) is 2.20. The van der Waals surface area contributed by atoms with E-state index in [1.165, 1.54) is 19.1 Å². The molecule has 0 saturated heterocycles. The van der Waals surface area contributed by atoms with Gasteiger partial charge in [0.1, 0.15) is 6.54 Å². The molecule has 17 heavy (non-hydrogen) atoms. The van der Waals surface area contributed by atoms with Crippen LogP contribution in [0.5, 0.6) is 0 Å². The van der Waals surface area contributed by atoms with Gasteiger partial charge in [-0.15, -0.1) is 0 Å². The van der Waals surface area contributed by atoms with Gasteiger partial charge in [0.2, 0.25) is 5.91 Å². The zero-order valence-corrected chi connectivity index (χ0v) is 10.2. The van der Waals surface area contributed by atoms with Crippen LogP contribution < -0.4 is 5.32 Å². The molecule has 1 aromatic rings. The molecule has 0 fully saturated rings. The van der Waals surface area contributed by atoms with Crippen molar-refractivity contribution in [2.45, 2.75) is 6.92 Å². The number of hydrogen-bond acceptors (Lipinski definition) is 3. The standard InChI is InChI=1S/C12H16N2O3/c1-9-4-6-10(7-5-9)13-11(15)8-14(2)12(16)17-3/h4-7H,8H2,1-3H3,(H,13,15). The number of amides is 2. The Morgan fingerprint density at radius 2 is 1.88 bits per heavy atom. The lowest BCUT2D eigenvalue weighted by Gasteiger charge is -2.14. The number of hydrogen-bond donors (Lipinski definition) is 1. The van der Waals surface area contributed by atoms with E-state index in [0.717, 1.165) is 5.56 Å². The molecule has 0 heterocycles. The summed E-state index contributed by atoms with van der Waals surface area (Å²) >= 11 is 0. The van der Waals surface area contributed by atoms with Gasteiger partial charge in [-0.05, 0) is 19.1 Å². The second-order valence-corrected chi connectivity index (χ2v) is 3.74. The molecule has 2 amide bonds. The normalized spacial score (nSPS) is 9.59. The lowest BCUT2D eigenvalue weighted by atomic mass is 10.2. The van der Waals surface area contributed by atoms with Crippen LogP contribution in [0.15, 0.2) is 24.3 Å². The van der Waals surface area contributed by atoms with Gasteiger partial charge in [0, 0.05) is 12.7 Å². The fourth-order valence-electron chi connectivity index (χ4n) is 1.27. The van der Waals surface area contributed by atoms with Crippen molar-refractivity contribution in [2.75, 3.05) is 26.0 Å². The summed E-state index contributed by atoms with van der Waals surface area (Å²) < 4.78 is 4.49. The number of likely N-dealkylation sites (N-methyl/N-ethyl adjacent to an activating group) is 1. The topological polar surface area (TPSA) is 58.6 Å². The summed E-state index contributed by atoms with van der Waals surface area (Å²) in [5.41, 5.74) is 1.83. The predicted octanol–water partition coefficient (Wildman–Crippen LogP) is 1.63. The molecule has 0 radical (unpaired) electrons. The molecular formula is C12H16N2O3. The van der Waals surface area contributed by atoms with Crippen LogP contribution in [0.25, 0.3) is 0 Å². The Morgan fingerprint density at radius 3 is 2.41 bits per heavy atom. The van der Waals surface area contributed by atoms with Crippen LogP contribution in [0.1, 0.15) is 5.56 Å². The van der Waals surface area contributed by atoms with Gasteiger partial charge < -0.3 is 15.0 Å². The third kappa shape index (κ3) is 4.14. The molecule has 0 atom stereocenters.